The number of ether oxygens (including phenoxy) is 1. The van der Waals surface area contributed by atoms with Gasteiger partial charge in [0.1, 0.15) is 5.75 Å². The summed E-state index contributed by atoms with van der Waals surface area (Å²) in [5, 5.41) is 2.95. The van der Waals surface area contributed by atoms with Gasteiger partial charge in [-0.25, -0.2) is 0 Å². The molecule has 0 atom stereocenters. The van der Waals surface area contributed by atoms with Crippen LogP contribution in [-0.4, -0.2) is 25.0 Å². The van der Waals surface area contributed by atoms with Crippen LogP contribution in [0.25, 0.3) is 0 Å². The molecule has 0 bridgehead atoms. The molecule has 0 spiro atoms. The molecule has 1 heterocycles. The average Bonchev–Trinajstić information content (AvgIpc) is 2.63. The zero-order chi connectivity index (χ0) is 17.6. The van der Waals surface area contributed by atoms with Gasteiger partial charge in [0.15, 0.2) is 6.61 Å². The van der Waals surface area contributed by atoms with E-state index < -0.39 is 0 Å². The van der Waals surface area contributed by atoms with Gasteiger partial charge in [0.2, 0.25) is 5.91 Å². The molecule has 25 heavy (non-hydrogen) atoms. The molecule has 5 heteroatoms. The highest BCUT2D eigenvalue weighted by Gasteiger charge is 2.25. The summed E-state index contributed by atoms with van der Waals surface area (Å²) in [4.78, 5) is 25.9. The van der Waals surface area contributed by atoms with E-state index in [0.29, 0.717) is 36.0 Å². The molecule has 1 aromatic carbocycles. The van der Waals surface area contributed by atoms with Gasteiger partial charge >= 0.3 is 0 Å². The molecule has 1 aliphatic heterocycles. The van der Waals surface area contributed by atoms with Crippen molar-refractivity contribution in [2.45, 2.75) is 44.9 Å². The molecule has 134 valence electrons. The Balaban J connectivity index is 1.62. The maximum absolute atomic E-state index is 12.3. The zero-order valence-corrected chi connectivity index (χ0v) is 14.6. The average molecular weight is 342 g/mol. The summed E-state index contributed by atoms with van der Waals surface area (Å²) >= 11 is 0. The Morgan fingerprint density at radius 2 is 2.12 bits per heavy atom. The van der Waals surface area contributed by atoms with Crippen LogP contribution >= 0.6 is 0 Å². The zero-order valence-electron chi connectivity index (χ0n) is 14.6. The Labute approximate surface area is 149 Å². The fourth-order valence-corrected chi connectivity index (χ4v) is 3.64. The smallest absolute Gasteiger partial charge is 0.265 e. The Morgan fingerprint density at radius 3 is 2.88 bits per heavy atom. The molecular weight excluding hydrogens is 316 g/mol. The lowest BCUT2D eigenvalue weighted by Crippen LogP contribution is -2.38. The molecule has 3 rings (SSSR count). The standard InChI is InChI=1S/C20H26N2O3/c1-2-12-22-17-13-16(9-10-18(17)25-14-20(22)24)21-19(23)11-8-15-6-4-3-5-7-15/h2,9-10,13,15H,1,3-8,11-12,14H2,(H,21,23). The van der Waals surface area contributed by atoms with Crippen LogP contribution in [0.15, 0.2) is 30.9 Å². The van der Waals surface area contributed by atoms with Gasteiger partial charge in [-0.05, 0) is 30.5 Å². The Bertz CT molecular complexity index is 650. The highest BCUT2D eigenvalue weighted by molar-refractivity contribution is 5.99. The molecule has 2 amide bonds. The van der Waals surface area contributed by atoms with Crippen molar-refractivity contribution >= 4 is 23.2 Å². The van der Waals surface area contributed by atoms with Crippen LogP contribution in [0.1, 0.15) is 44.9 Å². The predicted molar refractivity (Wildman–Crippen MR) is 98.9 cm³/mol. The number of nitrogens with zero attached hydrogens (tertiary/aromatic N) is 1. The molecule has 0 unspecified atom stereocenters. The molecule has 0 aromatic heterocycles. The van der Waals surface area contributed by atoms with E-state index in [9.17, 15) is 9.59 Å². The van der Waals surface area contributed by atoms with Gasteiger partial charge in [0, 0.05) is 18.7 Å². The third-order valence-corrected chi connectivity index (χ3v) is 5.00. The second kappa shape index (κ2) is 8.19. The number of carbonyl (C=O) groups excluding carboxylic acids is 2. The lowest BCUT2D eigenvalue weighted by molar-refractivity contribution is -0.121. The number of rotatable bonds is 6. The Kier molecular flexibility index (Phi) is 5.74. The lowest BCUT2D eigenvalue weighted by atomic mass is 9.86. The highest BCUT2D eigenvalue weighted by Crippen LogP contribution is 2.34. The summed E-state index contributed by atoms with van der Waals surface area (Å²) in [7, 11) is 0. The molecule has 1 N–H and O–H groups in total. The SMILES string of the molecule is C=CCN1C(=O)COc2ccc(NC(=O)CCC3CCCCC3)cc21. The summed E-state index contributed by atoms with van der Waals surface area (Å²) in [5.74, 6) is 1.27. The van der Waals surface area contributed by atoms with E-state index in [1.54, 1.807) is 23.1 Å². The van der Waals surface area contributed by atoms with Gasteiger partial charge in [-0.1, -0.05) is 38.2 Å². The lowest BCUT2D eigenvalue weighted by Gasteiger charge is -2.29. The van der Waals surface area contributed by atoms with E-state index in [2.05, 4.69) is 11.9 Å². The van der Waals surface area contributed by atoms with Crippen LogP contribution < -0.4 is 15.0 Å². The van der Waals surface area contributed by atoms with Crippen LogP contribution in [-0.2, 0) is 9.59 Å². The Morgan fingerprint density at radius 1 is 1.32 bits per heavy atom. The van der Waals surface area contributed by atoms with Gasteiger partial charge in [0.25, 0.3) is 5.91 Å². The molecule has 5 nitrogen and oxygen atoms in total. The van der Waals surface area contributed by atoms with Crippen molar-refractivity contribution in [1.82, 2.24) is 0 Å². The molecule has 1 fully saturated rings. The third kappa shape index (κ3) is 4.41. The second-order valence-electron chi connectivity index (χ2n) is 6.86. The van der Waals surface area contributed by atoms with Crippen molar-refractivity contribution in [1.29, 1.82) is 0 Å². The fourth-order valence-electron chi connectivity index (χ4n) is 3.64. The number of carbonyl (C=O) groups is 2. The minimum atomic E-state index is -0.104. The van der Waals surface area contributed by atoms with Crippen molar-refractivity contribution in [3.05, 3.63) is 30.9 Å². The number of hydrogen-bond donors (Lipinski definition) is 1. The molecule has 1 aromatic rings. The highest BCUT2D eigenvalue weighted by atomic mass is 16.5. The quantitative estimate of drug-likeness (QED) is 0.798. The first-order chi connectivity index (χ1) is 12.2. The van der Waals surface area contributed by atoms with E-state index in [0.717, 1.165) is 6.42 Å². The Hall–Kier alpha value is -2.30. The predicted octanol–water partition coefficient (Wildman–Crippen LogP) is 3.90. The first-order valence-corrected chi connectivity index (χ1v) is 9.15. The van der Waals surface area contributed by atoms with Crippen LogP contribution in [0, 0.1) is 5.92 Å². The van der Waals surface area contributed by atoms with Crippen LogP contribution in [0.2, 0.25) is 0 Å². The number of benzene rings is 1. The molecule has 1 saturated carbocycles. The van der Waals surface area contributed by atoms with E-state index >= 15 is 0 Å². The number of fused-ring (bicyclic) bond motifs is 1. The summed E-state index contributed by atoms with van der Waals surface area (Å²) in [6.45, 7) is 4.16. The topological polar surface area (TPSA) is 58.6 Å². The van der Waals surface area contributed by atoms with Crippen LogP contribution in [0.4, 0.5) is 11.4 Å². The molecule has 2 aliphatic rings. The fraction of sp³-hybridized carbons (Fsp3) is 0.500. The summed E-state index contributed by atoms with van der Waals surface area (Å²) < 4.78 is 5.46. The van der Waals surface area contributed by atoms with Crippen molar-refractivity contribution < 1.29 is 14.3 Å². The normalized spacial score (nSPS) is 17.6. The number of nitrogens with one attached hydrogen (secondary N) is 1. The first kappa shape index (κ1) is 17.5. The summed E-state index contributed by atoms with van der Waals surface area (Å²) in [6, 6.07) is 5.42. The van der Waals surface area contributed by atoms with E-state index in [4.69, 9.17) is 4.74 Å². The molecule has 1 aliphatic carbocycles. The molecular formula is C20H26N2O3. The van der Waals surface area contributed by atoms with Crippen molar-refractivity contribution in [3.8, 4) is 5.75 Å². The van der Waals surface area contributed by atoms with Crippen molar-refractivity contribution in [2.24, 2.45) is 5.92 Å². The minimum Gasteiger partial charge on any atom is -0.482 e. The van der Waals surface area contributed by atoms with Gasteiger partial charge in [-0.2, -0.15) is 0 Å². The van der Waals surface area contributed by atoms with Crippen LogP contribution in [0.3, 0.4) is 0 Å². The largest absolute Gasteiger partial charge is 0.482 e. The van der Waals surface area contributed by atoms with E-state index in [1.165, 1.54) is 32.1 Å². The number of anilines is 2. The van der Waals surface area contributed by atoms with Crippen molar-refractivity contribution in [2.75, 3.05) is 23.4 Å². The maximum atomic E-state index is 12.3. The number of hydrogen-bond acceptors (Lipinski definition) is 3. The monoisotopic (exact) mass is 342 g/mol. The second-order valence-corrected chi connectivity index (χ2v) is 6.86. The van der Waals surface area contributed by atoms with Crippen LogP contribution in [0.5, 0.6) is 5.75 Å². The van der Waals surface area contributed by atoms with Gasteiger partial charge in [-0.3, -0.25) is 9.59 Å². The van der Waals surface area contributed by atoms with Gasteiger partial charge in [0.05, 0.1) is 5.69 Å². The maximum Gasteiger partial charge on any atom is 0.265 e. The number of amides is 2. The van der Waals surface area contributed by atoms with E-state index in [-0.39, 0.29) is 18.4 Å². The summed E-state index contributed by atoms with van der Waals surface area (Å²) in [6.07, 6.45) is 9.62. The van der Waals surface area contributed by atoms with Gasteiger partial charge < -0.3 is 15.0 Å². The molecule has 0 radical (unpaired) electrons. The third-order valence-electron chi connectivity index (χ3n) is 5.00. The molecule has 0 saturated heterocycles. The first-order valence-electron chi connectivity index (χ1n) is 9.15. The van der Waals surface area contributed by atoms with E-state index in [1.807, 2.05) is 6.07 Å². The van der Waals surface area contributed by atoms with Crippen molar-refractivity contribution in [3.63, 3.8) is 0 Å². The minimum absolute atomic E-state index is 0.0313. The summed E-state index contributed by atoms with van der Waals surface area (Å²) in [5.41, 5.74) is 1.38. The van der Waals surface area contributed by atoms with Gasteiger partial charge in [-0.15, -0.1) is 6.58 Å².